The summed E-state index contributed by atoms with van der Waals surface area (Å²) in [6.45, 7) is 8.63. The number of ether oxygens (including phenoxy) is 1. The summed E-state index contributed by atoms with van der Waals surface area (Å²) >= 11 is 17.9. The van der Waals surface area contributed by atoms with Crippen molar-refractivity contribution in [1.29, 1.82) is 0 Å². The molecule has 1 aromatic heterocycles. The zero-order chi connectivity index (χ0) is 24.6. The van der Waals surface area contributed by atoms with Crippen LogP contribution in [0.4, 0.5) is 4.79 Å². The summed E-state index contributed by atoms with van der Waals surface area (Å²) < 4.78 is 6.21. The van der Waals surface area contributed by atoms with Gasteiger partial charge < -0.3 is 10.1 Å². The van der Waals surface area contributed by atoms with Gasteiger partial charge in [-0.3, -0.25) is 0 Å². The minimum absolute atomic E-state index is 0.131. The molecule has 2 aromatic rings. The Kier molecular flexibility index (Phi) is 7.41. The summed E-state index contributed by atoms with van der Waals surface area (Å²) in [5.41, 5.74) is 1.02. The van der Waals surface area contributed by atoms with Crippen LogP contribution in [0, 0.1) is 17.8 Å². The van der Waals surface area contributed by atoms with E-state index in [1.807, 2.05) is 37.3 Å². The van der Waals surface area contributed by atoms with Gasteiger partial charge in [-0.2, -0.15) is 0 Å². The molecule has 182 valence electrons. The van der Waals surface area contributed by atoms with Gasteiger partial charge in [-0.05, 0) is 79.1 Å². The zero-order valence-electron chi connectivity index (χ0n) is 19.9. The average molecular weight is 521 g/mol. The number of aromatic nitrogens is 1. The molecular formula is C26H31Cl2N3O2S. The lowest BCUT2D eigenvalue weighted by atomic mass is 9.75. The first-order valence-corrected chi connectivity index (χ1v) is 13.0. The fourth-order valence-corrected chi connectivity index (χ4v) is 6.02. The van der Waals surface area contributed by atoms with E-state index in [2.05, 4.69) is 31.1 Å². The van der Waals surface area contributed by atoms with Crippen LogP contribution in [0.3, 0.4) is 0 Å². The minimum Gasteiger partial charge on any atom is -0.445 e. The molecule has 1 aromatic carbocycles. The number of benzene rings is 1. The predicted octanol–water partition coefficient (Wildman–Crippen LogP) is 7.13. The van der Waals surface area contributed by atoms with E-state index in [1.165, 1.54) is 0 Å². The molecule has 0 bridgehead atoms. The second kappa shape index (κ2) is 10.00. The van der Waals surface area contributed by atoms with Gasteiger partial charge in [0.25, 0.3) is 0 Å². The molecule has 1 N–H and O–H groups in total. The van der Waals surface area contributed by atoms with Gasteiger partial charge in [0, 0.05) is 11.2 Å². The molecule has 8 heteroatoms. The highest BCUT2D eigenvalue weighted by Crippen LogP contribution is 2.45. The van der Waals surface area contributed by atoms with Gasteiger partial charge in [0.2, 0.25) is 0 Å². The molecule has 5 nitrogen and oxygen atoms in total. The van der Waals surface area contributed by atoms with Gasteiger partial charge in [0.1, 0.15) is 11.3 Å². The van der Waals surface area contributed by atoms with Crippen LogP contribution in [0.15, 0.2) is 42.6 Å². The molecule has 0 radical (unpaired) electrons. The molecule has 5 atom stereocenters. The van der Waals surface area contributed by atoms with Gasteiger partial charge >= 0.3 is 6.09 Å². The lowest BCUT2D eigenvalue weighted by Gasteiger charge is -2.38. The summed E-state index contributed by atoms with van der Waals surface area (Å²) in [6, 6.07) is 10.7. The van der Waals surface area contributed by atoms with Gasteiger partial charge in [0.05, 0.1) is 11.6 Å². The Morgan fingerprint density at radius 3 is 2.53 bits per heavy atom. The maximum atomic E-state index is 13.7. The first kappa shape index (κ1) is 25.2. The molecule has 1 aliphatic heterocycles. The van der Waals surface area contributed by atoms with Crippen molar-refractivity contribution in [1.82, 2.24) is 15.2 Å². The molecule has 2 heterocycles. The standard InChI is InChI=1S/C26H31Cl2N3O2S/c1-15(2)20-11-5-16(3)13-21(20)33-25(32)31-23(17-6-9-19(27)10-7-17)26(4,30-24(31)34)18-8-12-22(28)29-14-18/h6-10,12,14-16,20-21,23H,5,11,13H2,1-4H3,(H,30,34)/t16-,20?,21-,23+,26-/m1/s1. The van der Waals surface area contributed by atoms with Crippen molar-refractivity contribution >= 4 is 46.6 Å². The van der Waals surface area contributed by atoms with E-state index in [1.54, 1.807) is 17.2 Å². The highest BCUT2D eigenvalue weighted by Gasteiger charge is 2.52. The number of hydrogen-bond donors (Lipinski definition) is 1. The zero-order valence-corrected chi connectivity index (χ0v) is 22.3. The number of nitrogens with one attached hydrogen (secondary N) is 1. The number of rotatable bonds is 4. The predicted molar refractivity (Wildman–Crippen MR) is 140 cm³/mol. The van der Waals surface area contributed by atoms with Crippen LogP contribution in [0.25, 0.3) is 0 Å². The Bertz CT molecular complexity index is 1050. The van der Waals surface area contributed by atoms with E-state index in [4.69, 9.17) is 40.2 Å². The van der Waals surface area contributed by atoms with Crippen molar-refractivity contribution in [3.63, 3.8) is 0 Å². The van der Waals surface area contributed by atoms with Gasteiger partial charge in [-0.1, -0.05) is 68.6 Å². The topological polar surface area (TPSA) is 54.5 Å². The monoisotopic (exact) mass is 519 g/mol. The Labute approximate surface area is 217 Å². The molecule has 0 spiro atoms. The van der Waals surface area contributed by atoms with Crippen molar-refractivity contribution < 1.29 is 9.53 Å². The van der Waals surface area contributed by atoms with Crippen LogP contribution in [0.5, 0.6) is 0 Å². The van der Waals surface area contributed by atoms with Gasteiger partial charge in [-0.25, -0.2) is 14.7 Å². The number of amides is 1. The first-order chi connectivity index (χ1) is 16.1. The highest BCUT2D eigenvalue weighted by atomic mass is 35.5. The van der Waals surface area contributed by atoms with Crippen molar-refractivity contribution in [2.45, 2.75) is 64.6 Å². The largest absolute Gasteiger partial charge is 0.445 e. The molecule has 34 heavy (non-hydrogen) atoms. The van der Waals surface area contributed by atoms with Crippen LogP contribution in [-0.2, 0) is 10.3 Å². The van der Waals surface area contributed by atoms with E-state index < -0.39 is 17.7 Å². The number of carbonyl (C=O) groups is 1. The number of nitrogens with zero attached hydrogens (tertiary/aromatic N) is 2. The molecule has 1 amide bonds. The highest BCUT2D eigenvalue weighted by molar-refractivity contribution is 7.80. The van der Waals surface area contributed by atoms with E-state index in [-0.39, 0.29) is 6.10 Å². The Balaban J connectivity index is 1.71. The molecule has 1 saturated carbocycles. The number of pyridine rings is 1. The lowest BCUT2D eigenvalue weighted by molar-refractivity contribution is -0.00700. The van der Waals surface area contributed by atoms with E-state index >= 15 is 0 Å². The van der Waals surface area contributed by atoms with Gasteiger partial charge in [0.15, 0.2) is 5.11 Å². The Hall–Kier alpha value is -1.89. The van der Waals surface area contributed by atoms with Crippen LogP contribution in [0.1, 0.15) is 64.1 Å². The first-order valence-electron chi connectivity index (χ1n) is 11.8. The quantitative estimate of drug-likeness (QED) is 0.343. The molecule has 1 saturated heterocycles. The fraction of sp³-hybridized carbons (Fsp3) is 0.500. The maximum Gasteiger partial charge on any atom is 0.417 e. The maximum absolute atomic E-state index is 13.7. The molecule has 2 fully saturated rings. The van der Waals surface area contributed by atoms with Crippen LogP contribution >= 0.6 is 35.4 Å². The SMILES string of the molecule is CC(C)C1CC[C@@H](C)C[C@H]1OC(=O)N1C(=S)N[C@](C)(c2ccc(Cl)nc2)[C@@H]1c1ccc(Cl)cc1. The van der Waals surface area contributed by atoms with E-state index in [0.717, 1.165) is 30.4 Å². The second-order valence-electron chi connectivity index (χ2n) is 10.1. The number of halogens is 2. The number of hydrogen-bond acceptors (Lipinski definition) is 4. The number of thiocarbonyl (C=S) groups is 1. The fourth-order valence-electron chi connectivity index (χ4n) is 5.39. The smallest absolute Gasteiger partial charge is 0.417 e. The Morgan fingerprint density at radius 2 is 1.91 bits per heavy atom. The van der Waals surface area contributed by atoms with E-state index in [9.17, 15) is 4.79 Å². The summed E-state index contributed by atoms with van der Waals surface area (Å²) in [6.07, 6.45) is 4.26. The van der Waals surface area contributed by atoms with Crippen LogP contribution < -0.4 is 5.32 Å². The van der Waals surface area contributed by atoms with E-state index in [0.29, 0.717) is 33.0 Å². The third-order valence-corrected chi connectivity index (χ3v) is 8.09. The molecule has 1 unspecified atom stereocenters. The molecule has 2 aliphatic rings. The average Bonchev–Trinajstić information content (AvgIpc) is 3.05. The summed E-state index contributed by atoms with van der Waals surface area (Å²) in [5, 5.41) is 4.73. The summed E-state index contributed by atoms with van der Waals surface area (Å²) in [4.78, 5) is 19.6. The van der Waals surface area contributed by atoms with Crippen molar-refractivity contribution in [3.05, 3.63) is 63.9 Å². The molecular weight excluding hydrogens is 489 g/mol. The van der Waals surface area contributed by atoms with Crippen molar-refractivity contribution in [2.24, 2.45) is 17.8 Å². The second-order valence-corrected chi connectivity index (χ2v) is 11.3. The molecule has 1 aliphatic carbocycles. The van der Waals surface area contributed by atoms with Gasteiger partial charge in [-0.15, -0.1) is 0 Å². The third-order valence-electron chi connectivity index (χ3n) is 7.31. The van der Waals surface area contributed by atoms with Crippen molar-refractivity contribution in [2.75, 3.05) is 0 Å². The number of carbonyl (C=O) groups excluding carboxylic acids is 1. The van der Waals surface area contributed by atoms with Crippen LogP contribution in [0.2, 0.25) is 10.2 Å². The summed E-state index contributed by atoms with van der Waals surface area (Å²) in [5.74, 6) is 1.30. The Morgan fingerprint density at radius 1 is 1.21 bits per heavy atom. The summed E-state index contributed by atoms with van der Waals surface area (Å²) in [7, 11) is 0. The van der Waals surface area contributed by atoms with Crippen LogP contribution in [-0.4, -0.2) is 27.2 Å². The molecule has 4 rings (SSSR count). The normalized spacial score (nSPS) is 29.3. The van der Waals surface area contributed by atoms with Crippen molar-refractivity contribution in [3.8, 4) is 0 Å². The minimum atomic E-state index is -0.737. The lowest BCUT2D eigenvalue weighted by Crippen LogP contribution is -2.43. The third kappa shape index (κ3) is 4.91.